The molecule has 1 saturated carbocycles. The zero-order valence-electron chi connectivity index (χ0n) is 9.72. The summed E-state index contributed by atoms with van der Waals surface area (Å²) in [6.07, 6.45) is 0. The van der Waals surface area contributed by atoms with E-state index in [4.69, 9.17) is 5.11 Å². The number of nitrogens with one attached hydrogen (secondary N) is 1. The fourth-order valence-corrected chi connectivity index (χ4v) is 2.22. The quantitative estimate of drug-likeness (QED) is 0.716. The highest BCUT2D eigenvalue weighted by Gasteiger charge is 2.68. The van der Waals surface area contributed by atoms with Crippen molar-refractivity contribution in [3.8, 4) is 0 Å². The monoisotopic (exact) mass is 199 g/mol. The predicted octanol–water partition coefficient (Wildman–Crippen LogP) is 1.17. The third kappa shape index (κ3) is 1.54. The van der Waals surface area contributed by atoms with Crippen molar-refractivity contribution in [3.05, 3.63) is 0 Å². The number of aliphatic hydroxyl groups is 1. The molecule has 1 atom stereocenters. The first-order chi connectivity index (χ1) is 6.25. The third-order valence-corrected chi connectivity index (χ3v) is 3.95. The Morgan fingerprint density at radius 3 is 2.07 bits per heavy atom. The summed E-state index contributed by atoms with van der Waals surface area (Å²) in [4.78, 5) is 11.8. The Kier molecular flexibility index (Phi) is 2.65. The molecule has 0 bridgehead atoms. The van der Waals surface area contributed by atoms with Crippen LogP contribution < -0.4 is 5.32 Å². The molecule has 0 radical (unpaired) electrons. The van der Waals surface area contributed by atoms with Gasteiger partial charge in [0, 0.05) is 12.0 Å². The van der Waals surface area contributed by atoms with E-state index in [1.165, 1.54) is 0 Å². The lowest BCUT2D eigenvalue weighted by molar-refractivity contribution is -0.124. The molecule has 0 aromatic rings. The highest BCUT2D eigenvalue weighted by atomic mass is 16.3. The Hall–Kier alpha value is -0.570. The molecule has 1 rings (SSSR count). The van der Waals surface area contributed by atoms with E-state index >= 15 is 0 Å². The van der Waals surface area contributed by atoms with Crippen molar-refractivity contribution in [2.75, 3.05) is 6.61 Å². The predicted molar refractivity (Wildman–Crippen MR) is 55.7 cm³/mol. The standard InChI is InChI=1S/C11H21NO2/c1-7(6-13)12-9(14)8-10(2,3)11(8,4)5/h7-8,13H,6H2,1-5H3,(H,12,14)/t7-/m1/s1. The van der Waals surface area contributed by atoms with Crippen LogP contribution in [0.25, 0.3) is 0 Å². The normalized spacial score (nSPS) is 25.6. The number of aliphatic hydroxyl groups excluding tert-OH is 1. The highest BCUT2D eigenvalue weighted by Crippen LogP contribution is 2.68. The highest BCUT2D eigenvalue weighted by molar-refractivity contribution is 5.84. The lowest BCUT2D eigenvalue weighted by Crippen LogP contribution is -2.37. The van der Waals surface area contributed by atoms with Crippen LogP contribution in [0.15, 0.2) is 0 Å². The van der Waals surface area contributed by atoms with E-state index in [1.807, 2.05) is 0 Å². The molecular weight excluding hydrogens is 178 g/mol. The van der Waals surface area contributed by atoms with Crippen molar-refractivity contribution in [1.82, 2.24) is 5.32 Å². The maximum absolute atomic E-state index is 11.8. The van der Waals surface area contributed by atoms with Gasteiger partial charge in [-0.25, -0.2) is 0 Å². The van der Waals surface area contributed by atoms with E-state index < -0.39 is 0 Å². The topological polar surface area (TPSA) is 49.3 Å². The first kappa shape index (κ1) is 11.5. The van der Waals surface area contributed by atoms with Gasteiger partial charge < -0.3 is 10.4 Å². The van der Waals surface area contributed by atoms with Crippen molar-refractivity contribution >= 4 is 5.91 Å². The molecule has 14 heavy (non-hydrogen) atoms. The van der Waals surface area contributed by atoms with Crippen molar-refractivity contribution in [2.24, 2.45) is 16.7 Å². The molecule has 3 heteroatoms. The number of hydrogen-bond acceptors (Lipinski definition) is 2. The second-order valence-corrected chi connectivity index (χ2v) is 5.47. The molecule has 0 unspecified atom stereocenters. The number of carbonyl (C=O) groups excluding carboxylic acids is 1. The van der Waals surface area contributed by atoms with Gasteiger partial charge in [-0.05, 0) is 17.8 Å². The Labute approximate surface area is 85.9 Å². The smallest absolute Gasteiger partial charge is 0.224 e. The van der Waals surface area contributed by atoms with Crippen LogP contribution >= 0.6 is 0 Å². The molecule has 0 aromatic carbocycles. The van der Waals surface area contributed by atoms with E-state index in [-0.39, 0.29) is 35.3 Å². The van der Waals surface area contributed by atoms with Gasteiger partial charge in [0.2, 0.25) is 5.91 Å². The van der Waals surface area contributed by atoms with Crippen molar-refractivity contribution < 1.29 is 9.90 Å². The van der Waals surface area contributed by atoms with Gasteiger partial charge in [0.25, 0.3) is 0 Å². The Bertz CT molecular complexity index is 232. The fourth-order valence-electron chi connectivity index (χ4n) is 2.22. The summed E-state index contributed by atoms with van der Waals surface area (Å²) in [5.74, 6) is 0.144. The van der Waals surface area contributed by atoms with Gasteiger partial charge in [-0.3, -0.25) is 4.79 Å². The molecule has 2 N–H and O–H groups in total. The maximum atomic E-state index is 11.8. The largest absolute Gasteiger partial charge is 0.394 e. The molecule has 3 nitrogen and oxygen atoms in total. The average molecular weight is 199 g/mol. The van der Waals surface area contributed by atoms with E-state index in [0.29, 0.717) is 0 Å². The summed E-state index contributed by atoms with van der Waals surface area (Å²) in [5.41, 5.74) is 0.151. The summed E-state index contributed by atoms with van der Waals surface area (Å²) < 4.78 is 0. The molecule has 1 aliphatic rings. The maximum Gasteiger partial charge on any atom is 0.224 e. The SMILES string of the molecule is C[C@H](CO)NC(=O)C1C(C)(C)C1(C)C. The van der Waals surface area contributed by atoms with Gasteiger partial charge in [-0.1, -0.05) is 27.7 Å². The third-order valence-electron chi connectivity index (χ3n) is 3.95. The zero-order valence-corrected chi connectivity index (χ0v) is 9.72. The van der Waals surface area contributed by atoms with Crippen molar-refractivity contribution in [1.29, 1.82) is 0 Å². The molecular formula is C11H21NO2. The number of rotatable bonds is 3. The number of hydrogen-bond donors (Lipinski definition) is 2. The van der Waals surface area contributed by atoms with Gasteiger partial charge in [0.05, 0.1) is 6.61 Å². The second kappa shape index (κ2) is 3.23. The van der Waals surface area contributed by atoms with E-state index in [0.717, 1.165) is 0 Å². The van der Waals surface area contributed by atoms with E-state index in [9.17, 15) is 4.79 Å². The van der Waals surface area contributed by atoms with Crippen molar-refractivity contribution in [2.45, 2.75) is 40.7 Å². The van der Waals surface area contributed by atoms with Gasteiger partial charge in [0.1, 0.15) is 0 Å². The minimum Gasteiger partial charge on any atom is -0.394 e. The van der Waals surface area contributed by atoms with E-state index in [1.54, 1.807) is 6.92 Å². The molecule has 82 valence electrons. The first-order valence-corrected chi connectivity index (χ1v) is 5.16. The van der Waals surface area contributed by atoms with Crippen LogP contribution in [0, 0.1) is 16.7 Å². The minimum absolute atomic E-state index is 0.000677. The Balaban J connectivity index is 2.58. The fraction of sp³-hybridized carbons (Fsp3) is 0.909. The van der Waals surface area contributed by atoms with Gasteiger partial charge in [-0.2, -0.15) is 0 Å². The number of amides is 1. The summed E-state index contributed by atoms with van der Waals surface area (Å²) in [6, 6.07) is -0.144. The Morgan fingerprint density at radius 1 is 1.36 bits per heavy atom. The van der Waals surface area contributed by atoms with Gasteiger partial charge in [-0.15, -0.1) is 0 Å². The molecule has 0 heterocycles. The van der Waals surface area contributed by atoms with Crippen LogP contribution in [0.4, 0.5) is 0 Å². The van der Waals surface area contributed by atoms with Crippen LogP contribution in [0.2, 0.25) is 0 Å². The zero-order chi connectivity index (χ0) is 11.1. The van der Waals surface area contributed by atoms with Crippen LogP contribution in [0.3, 0.4) is 0 Å². The average Bonchev–Trinajstić information content (AvgIpc) is 2.42. The second-order valence-electron chi connectivity index (χ2n) is 5.47. The molecule has 1 amide bonds. The molecule has 0 spiro atoms. The van der Waals surface area contributed by atoms with Gasteiger partial charge >= 0.3 is 0 Å². The molecule has 0 saturated heterocycles. The lowest BCUT2D eigenvalue weighted by Gasteiger charge is -2.11. The summed E-state index contributed by atoms with van der Waals surface area (Å²) in [6.45, 7) is 10.3. The number of carbonyl (C=O) groups is 1. The summed E-state index contributed by atoms with van der Waals surface area (Å²) in [7, 11) is 0. The van der Waals surface area contributed by atoms with Crippen LogP contribution in [0.5, 0.6) is 0 Å². The lowest BCUT2D eigenvalue weighted by atomic mass is 10.0. The first-order valence-electron chi connectivity index (χ1n) is 5.16. The molecule has 0 aromatic heterocycles. The Morgan fingerprint density at radius 2 is 1.79 bits per heavy atom. The van der Waals surface area contributed by atoms with Gasteiger partial charge in [0.15, 0.2) is 0 Å². The molecule has 0 aliphatic heterocycles. The van der Waals surface area contributed by atoms with Crippen LogP contribution in [0.1, 0.15) is 34.6 Å². The minimum atomic E-state index is -0.144. The van der Waals surface area contributed by atoms with Crippen LogP contribution in [-0.2, 0) is 4.79 Å². The van der Waals surface area contributed by atoms with Crippen LogP contribution in [-0.4, -0.2) is 23.7 Å². The molecule has 1 fully saturated rings. The van der Waals surface area contributed by atoms with E-state index in [2.05, 4.69) is 33.0 Å². The summed E-state index contributed by atoms with van der Waals surface area (Å²) in [5, 5.41) is 11.6. The van der Waals surface area contributed by atoms with Crippen molar-refractivity contribution in [3.63, 3.8) is 0 Å². The summed E-state index contributed by atoms with van der Waals surface area (Å²) >= 11 is 0. The molecule has 1 aliphatic carbocycles.